The Morgan fingerprint density at radius 3 is 1.89 bits per heavy atom. The highest BCUT2D eigenvalue weighted by Gasteiger charge is 2.32. The van der Waals surface area contributed by atoms with Gasteiger partial charge in [0.15, 0.2) is 0 Å². The van der Waals surface area contributed by atoms with Gasteiger partial charge in [-0.05, 0) is 59.7 Å². The maximum atomic E-state index is 14.3. The van der Waals surface area contributed by atoms with E-state index in [4.69, 9.17) is 15.2 Å². The minimum atomic E-state index is -0.996. The Kier molecular flexibility index (Phi) is 7.30. The molecule has 156 valence electrons. The Bertz CT molecular complexity index is 731. The van der Waals surface area contributed by atoms with Gasteiger partial charge >= 0.3 is 18.2 Å². The number of nitrogens with two attached hydrogens (primary N) is 1. The minimum absolute atomic E-state index is 0.0606. The maximum Gasteiger partial charge on any atom is 0.420 e. The van der Waals surface area contributed by atoms with E-state index in [9.17, 15) is 18.8 Å². The molecule has 0 atom stereocenters. The van der Waals surface area contributed by atoms with Crippen LogP contribution in [0.3, 0.4) is 0 Å². The predicted octanol–water partition coefficient (Wildman–Crippen LogP) is 4.23. The number of urea groups is 1. The molecule has 0 bridgehead atoms. The number of carbonyl (C=O) groups is 3. The summed E-state index contributed by atoms with van der Waals surface area (Å²) in [5, 5.41) is 0. The van der Waals surface area contributed by atoms with Gasteiger partial charge in [0.1, 0.15) is 17.0 Å². The highest BCUT2D eigenvalue weighted by molar-refractivity contribution is 7.82. The van der Waals surface area contributed by atoms with E-state index in [-0.39, 0.29) is 11.3 Å². The van der Waals surface area contributed by atoms with Crippen LogP contribution < -0.4 is 10.0 Å². The van der Waals surface area contributed by atoms with Crippen molar-refractivity contribution in [2.45, 2.75) is 59.3 Å². The molecule has 4 amide bonds. The number of benzene rings is 1. The number of thiol groups is 1. The summed E-state index contributed by atoms with van der Waals surface area (Å²) in [6.45, 7) is 9.30. The summed E-state index contributed by atoms with van der Waals surface area (Å²) in [5.41, 5.74) is 3.49. The number of imide groups is 1. The van der Waals surface area contributed by atoms with Crippen molar-refractivity contribution in [2.75, 3.05) is 4.31 Å². The fourth-order valence-corrected chi connectivity index (χ4v) is 2.07. The Morgan fingerprint density at radius 2 is 1.50 bits per heavy atom. The summed E-state index contributed by atoms with van der Waals surface area (Å²) in [7, 11) is 0. The summed E-state index contributed by atoms with van der Waals surface area (Å²) < 4.78 is 25.6. The number of halogens is 1. The first kappa shape index (κ1) is 23.5. The first-order chi connectivity index (χ1) is 12.6. The van der Waals surface area contributed by atoms with Gasteiger partial charge in [-0.2, -0.15) is 0 Å². The Balaban J connectivity index is 3.25. The second-order valence-electron chi connectivity index (χ2n) is 7.97. The summed E-state index contributed by atoms with van der Waals surface area (Å²) in [6.07, 6.45) is -1.99. The van der Waals surface area contributed by atoms with Gasteiger partial charge < -0.3 is 15.2 Å². The third-order valence-electron chi connectivity index (χ3n) is 3.04. The fourth-order valence-electron chi connectivity index (χ4n) is 1.95. The van der Waals surface area contributed by atoms with E-state index in [0.29, 0.717) is 4.90 Å². The molecule has 28 heavy (non-hydrogen) atoms. The summed E-state index contributed by atoms with van der Waals surface area (Å²) in [5.74, 6) is -0.702. The van der Waals surface area contributed by atoms with Crippen molar-refractivity contribution < 1.29 is 28.2 Å². The minimum Gasteiger partial charge on any atom is -0.443 e. The van der Waals surface area contributed by atoms with Crippen LogP contribution in [-0.2, 0) is 16.0 Å². The molecule has 0 saturated carbocycles. The van der Waals surface area contributed by atoms with Crippen LogP contribution in [0.2, 0.25) is 0 Å². The van der Waals surface area contributed by atoms with Gasteiger partial charge in [0.2, 0.25) is 0 Å². The quantitative estimate of drug-likeness (QED) is 0.720. The van der Waals surface area contributed by atoms with E-state index in [1.165, 1.54) is 12.1 Å². The van der Waals surface area contributed by atoms with E-state index in [0.717, 1.165) is 10.4 Å². The molecule has 1 aromatic carbocycles. The molecule has 0 radical (unpaired) electrons. The third-order valence-corrected chi connectivity index (χ3v) is 3.47. The molecule has 0 aliphatic rings. The van der Waals surface area contributed by atoms with Crippen LogP contribution in [0, 0.1) is 5.82 Å². The zero-order chi connectivity index (χ0) is 21.9. The first-order valence-corrected chi connectivity index (χ1v) is 8.81. The number of rotatable bonds is 3. The first-order valence-electron chi connectivity index (χ1n) is 8.41. The molecule has 8 nitrogen and oxygen atoms in total. The van der Waals surface area contributed by atoms with Gasteiger partial charge in [-0.25, -0.2) is 28.0 Å². The molecule has 0 aliphatic carbocycles. The third kappa shape index (κ3) is 7.26. The number of nitrogens with zero attached hydrogens (tertiary/aromatic N) is 2. The Morgan fingerprint density at radius 1 is 1.04 bits per heavy atom. The molecular formula is C18H26FN3O5S. The molecule has 0 saturated heterocycles. The van der Waals surface area contributed by atoms with Gasteiger partial charge in [0, 0.05) is 5.56 Å². The van der Waals surface area contributed by atoms with Crippen molar-refractivity contribution in [3.63, 3.8) is 0 Å². The monoisotopic (exact) mass is 415 g/mol. The smallest absolute Gasteiger partial charge is 0.420 e. The molecule has 1 aromatic rings. The van der Waals surface area contributed by atoms with E-state index in [2.05, 4.69) is 12.8 Å². The highest BCUT2D eigenvalue weighted by Crippen LogP contribution is 2.23. The Labute approximate surface area is 169 Å². The number of primary amides is 1. The van der Waals surface area contributed by atoms with Crippen LogP contribution in [-0.4, -0.2) is 34.3 Å². The van der Waals surface area contributed by atoms with Crippen LogP contribution in [0.5, 0.6) is 0 Å². The van der Waals surface area contributed by atoms with Crippen molar-refractivity contribution in [2.24, 2.45) is 5.73 Å². The molecule has 0 spiro atoms. The van der Waals surface area contributed by atoms with Crippen molar-refractivity contribution in [3.05, 3.63) is 29.6 Å². The largest absolute Gasteiger partial charge is 0.443 e. The van der Waals surface area contributed by atoms with E-state index >= 15 is 0 Å². The van der Waals surface area contributed by atoms with E-state index in [1.807, 2.05) is 0 Å². The molecule has 0 heterocycles. The van der Waals surface area contributed by atoms with Crippen LogP contribution in [0.4, 0.5) is 24.5 Å². The van der Waals surface area contributed by atoms with Gasteiger partial charge in [0.05, 0.1) is 12.2 Å². The molecule has 10 heteroatoms. The van der Waals surface area contributed by atoms with Crippen LogP contribution >= 0.6 is 12.8 Å². The number of hydrogen-bond acceptors (Lipinski definition) is 6. The lowest BCUT2D eigenvalue weighted by molar-refractivity contribution is -0.000397. The normalized spacial score (nSPS) is 11.6. The lowest BCUT2D eigenvalue weighted by Gasteiger charge is -2.29. The zero-order valence-corrected chi connectivity index (χ0v) is 17.7. The van der Waals surface area contributed by atoms with Gasteiger partial charge in [0.25, 0.3) is 0 Å². The fraction of sp³-hybridized carbons (Fsp3) is 0.500. The van der Waals surface area contributed by atoms with Crippen molar-refractivity contribution in [1.82, 2.24) is 4.90 Å². The standard InChI is InChI=1S/C18H26FN3O5S/c1-17(2,3)26-15(24)21(16(25)27-18(4,5)6)10-11-9-12(7-8-13(11)19)22(28)14(20)23/h7-9,28H,10H2,1-6H3,(H2,20,23). The van der Waals surface area contributed by atoms with Crippen molar-refractivity contribution >= 4 is 36.7 Å². The van der Waals surface area contributed by atoms with Gasteiger partial charge in [-0.15, -0.1) is 0 Å². The SMILES string of the molecule is CC(C)(C)OC(=O)N(Cc1cc(N(S)C(N)=O)ccc1F)C(=O)OC(C)(C)C. The molecule has 1 rings (SSSR count). The summed E-state index contributed by atoms with van der Waals surface area (Å²) in [4.78, 5) is 36.9. The number of ether oxygens (including phenoxy) is 2. The molecule has 0 aliphatic heterocycles. The summed E-state index contributed by atoms with van der Waals surface area (Å²) >= 11 is 3.92. The van der Waals surface area contributed by atoms with E-state index < -0.39 is 41.8 Å². The van der Waals surface area contributed by atoms with Crippen LogP contribution in [0.1, 0.15) is 47.1 Å². The molecule has 0 unspecified atom stereocenters. The number of amides is 4. The lowest BCUT2D eigenvalue weighted by Crippen LogP contribution is -2.43. The average Bonchev–Trinajstić information content (AvgIpc) is 2.49. The van der Waals surface area contributed by atoms with Gasteiger partial charge in [-0.3, -0.25) is 0 Å². The molecule has 2 N–H and O–H groups in total. The summed E-state index contributed by atoms with van der Waals surface area (Å²) in [6, 6.07) is 2.72. The maximum absolute atomic E-state index is 14.3. The van der Waals surface area contributed by atoms with Crippen LogP contribution in [0.25, 0.3) is 0 Å². The second kappa shape index (κ2) is 8.68. The van der Waals surface area contributed by atoms with Gasteiger partial charge in [-0.1, -0.05) is 12.8 Å². The zero-order valence-electron chi connectivity index (χ0n) is 16.8. The number of hydrogen-bond donors (Lipinski definition) is 2. The number of anilines is 1. The predicted molar refractivity (Wildman–Crippen MR) is 105 cm³/mol. The molecule has 0 fully saturated rings. The second-order valence-corrected chi connectivity index (χ2v) is 8.37. The van der Waals surface area contributed by atoms with Crippen molar-refractivity contribution in [1.29, 1.82) is 0 Å². The highest BCUT2D eigenvalue weighted by atomic mass is 32.1. The molecular weight excluding hydrogens is 389 g/mol. The van der Waals surface area contributed by atoms with Crippen LogP contribution in [0.15, 0.2) is 18.2 Å². The molecule has 0 aromatic heterocycles. The van der Waals surface area contributed by atoms with E-state index in [1.54, 1.807) is 41.5 Å². The lowest BCUT2D eigenvalue weighted by atomic mass is 10.1. The topological polar surface area (TPSA) is 102 Å². The van der Waals surface area contributed by atoms with Crippen molar-refractivity contribution in [3.8, 4) is 0 Å². The Hall–Kier alpha value is -2.49. The average molecular weight is 415 g/mol. The number of carbonyl (C=O) groups excluding carboxylic acids is 3.